The zero-order valence-electron chi connectivity index (χ0n) is 22.0. The molecule has 11 nitrogen and oxygen atoms in total. The fourth-order valence-corrected chi connectivity index (χ4v) is 4.43. The Kier molecular flexibility index (Phi) is 8.70. The number of fused-ring (bicyclic) bond motifs is 1. The van der Waals surface area contributed by atoms with Crippen LogP contribution in [0.3, 0.4) is 0 Å². The number of nitrogens with one attached hydrogen (secondary N) is 1. The van der Waals surface area contributed by atoms with Crippen molar-refractivity contribution in [1.82, 2.24) is 30.1 Å². The number of benzene rings is 2. The molecule has 0 radical (unpaired) electrons. The summed E-state index contributed by atoms with van der Waals surface area (Å²) >= 11 is 0. The first kappa shape index (κ1) is 26.8. The maximum Gasteiger partial charge on any atom is 0.327 e. The third-order valence-electron chi connectivity index (χ3n) is 6.32. The Morgan fingerprint density at radius 3 is 2.45 bits per heavy atom. The molecule has 1 unspecified atom stereocenters. The number of rotatable bonds is 12. The van der Waals surface area contributed by atoms with Crippen LogP contribution in [0.15, 0.2) is 53.3 Å². The fourth-order valence-electron chi connectivity index (χ4n) is 4.43. The molecule has 4 rings (SSSR count). The number of carbonyl (C=O) groups is 1. The molecule has 0 saturated heterocycles. The van der Waals surface area contributed by atoms with Crippen LogP contribution in [-0.2, 0) is 29.2 Å². The molecular weight excluding hydrogens is 488 g/mol. The van der Waals surface area contributed by atoms with Crippen molar-refractivity contribution in [3.63, 3.8) is 0 Å². The lowest BCUT2D eigenvalue weighted by molar-refractivity contribution is -0.144. The summed E-state index contributed by atoms with van der Waals surface area (Å²) in [6.07, 6.45) is 0.638. The second kappa shape index (κ2) is 12.3. The van der Waals surface area contributed by atoms with Gasteiger partial charge in [-0.2, -0.15) is 0 Å². The van der Waals surface area contributed by atoms with Gasteiger partial charge in [-0.15, -0.1) is 5.10 Å². The number of pyridine rings is 1. The summed E-state index contributed by atoms with van der Waals surface area (Å²) in [5.74, 6) is 1.56. The van der Waals surface area contributed by atoms with Gasteiger partial charge in [0.1, 0.15) is 18.0 Å². The minimum absolute atomic E-state index is 0.0978. The lowest BCUT2D eigenvalue weighted by Gasteiger charge is -2.30. The maximum absolute atomic E-state index is 13.1. The highest BCUT2D eigenvalue weighted by Gasteiger charge is 2.27. The van der Waals surface area contributed by atoms with Crippen molar-refractivity contribution in [2.75, 3.05) is 20.8 Å². The van der Waals surface area contributed by atoms with Crippen molar-refractivity contribution in [3.05, 3.63) is 75.8 Å². The highest BCUT2D eigenvalue weighted by molar-refractivity contribution is 5.80. The van der Waals surface area contributed by atoms with Gasteiger partial charge in [0, 0.05) is 29.6 Å². The van der Waals surface area contributed by atoms with Crippen molar-refractivity contribution in [2.24, 2.45) is 0 Å². The van der Waals surface area contributed by atoms with E-state index >= 15 is 0 Å². The number of tetrazole rings is 1. The van der Waals surface area contributed by atoms with Gasteiger partial charge >= 0.3 is 5.97 Å². The molecule has 200 valence electrons. The highest BCUT2D eigenvalue weighted by Crippen LogP contribution is 2.27. The smallest absolute Gasteiger partial charge is 0.327 e. The molecular formula is C27H32N6O5. The Morgan fingerprint density at radius 2 is 1.76 bits per heavy atom. The van der Waals surface area contributed by atoms with Gasteiger partial charge in [0.2, 0.25) is 0 Å². The normalized spacial score (nSPS) is 12.0. The molecule has 4 aromatic rings. The van der Waals surface area contributed by atoms with Gasteiger partial charge < -0.3 is 19.2 Å². The van der Waals surface area contributed by atoms with Crippen LogP contribution in [0, 0.1) is 0 Å². The van der Waals surface area contributed by atoms with Gasteiger partial charge in [-0.1, -0.05) is 19.1 Å². The average Bonchev–Trinajstić information content (AvgIpc) is 3.37. The number of aromatic nitrogens is 5. The van der Waals surface area contributed by atoms with Crippen molar-refractivity contribution in [1.29, 1.82) is 0 Å². The minimum atomic E-state index is -0.419. The molecule has 0 aliphatic rings. The van der Waals surface area contributed by atoms with E-state index < -0.39 is 5.97 Å². The van der Waals surface area contributed by atoms with Crippen molar-refractivity contribution < 1.29 is 19.0 Å². The van der Waals surface area contributed by atoms with E-state index in [4.69, 9.17) is 14.2 Å². The summed E-state index contributed by atoms with van der Waals surface area (Å²) < 4.78 is 17.2. The molecule has 38 heavy (non-hydrogen) atoms. The monoisotopic (exact) mass is 520 g/mol. The Bertz CT molecular complexity index is 1430. The van der Waals surface area contributed by atoms with Crippen molar-refractivity contribution in [2.45, 2.75) is 45.9 Å². The second-order valence-electron chi connectivity index (χ2n) is 8.75. The molecule has 0 fully saturated rings. The molecule has 1 atom stereocenters. The van der Waals surface area contributed by atoms with Crippen LogP contribution in [0.25, 0.3) is 10.9 Å². The molecule has 0 aliphatic heterocycles. The molecule has 1 N–H and O–H groups in total. The standard InChI is InChI=1S/C27H32N6O5/c1-5-24(26-29-30-31-33(26)17-25(34)38-6-2)32(15-18-7-9-21(36-3)10-8-18)16-20-13-19-14-22(37-4)11-12-23(19)28-27(20)35/h7-14,24H,5-6,15-17H2,1-4H3,(H,28,35). The second-order valence-corrected chi connectivity index (χ2v) is 8.75. The van der Waals surface area contributed by atoms with Gasteiger partial charge in [0.25, 0.3) is 5.56 Å². The first-order valence-electron chi connectivity index (χ1n) is 12.4. The first-order valence-corrected chi connectivity index (χ1v) is 12.4. The van der Waals surface area contributed by atoms with E-state index in [1.54, 1.807) is 21.1 Å². The third-order valence-corrected chi connectivity index (χ3v) is 6.32. The Labute approximate surface area is 220 Å². The Hall–Kier alpha value is -4.25. The van der Waals surface area contributed by atoms with Crippen LogP contribution in [0.5, 0.6) is 11.5 Å². The topological polar surface area (TPSA) is 124 Å². The van der Waals surface area contributed by atoms with E-state index in [9.17, 15) is 9.59 Å². The van der Waals surface area contributed by atoms with E-state index in [1.165, 1.54) is 4.68 Å². The molecule has 2 heterocycles. The third kappa shape index (κ3) is 6.17. The van der Waals surface area contributed by atoms with Crippen LogP contribution in [0.2, 0.25) is 0 Å². The zero-order chi connectivity index (χ0) is 27.1. The van der Waals surface area contributed by atoms with Crippen LogP contribution in [0.1, 0.15) is 43.3 Å². The van der Waals surface area contributed by atoms with E-state index in [0.29, 0.717) is 36.6 Å². The van der Waals surface area contributed by atoms with Gasteiger partial charge in [-0.05, 0) is 65.7 Å². The number of aromatic amines is 1. The number of ether oxygens (including phenoxy) is 3. The van der Waals surface area contributed by atoms with Gasteiger partial charge in [-0.3, -0.25) is 14.5 Å². The lowest BCUT2D eigenvalue weighted by Crippen LogP contribution is -2.33. The van der Waals surface area contributed by atoms with Crippen LogP contribution < -0.4 is 15.0 Å². The predicted molar refractivity (Wildman–Crippen MR) is 141 cm³/mol. The molecule has 2 aromatic carbocycles. The van der Waals surface area contributed by atoms with E-state index in [1.807, 2.05) is 55.5 Å². The Balaban J connectivity index is 1.72. The average molecular weight is 521 g/mol. The molecule has 0 aliphatic carbocycles. The highest BCUT2D eigenvalue weighted by atomic mass is 16.5. The molecule has 0 bridgehead atoms. The quantitative estimate of drug-likeness (QED) is 0.280. The molecule has 0 amide bonds. The van der Waals surface area contributed by atoms with E-state index in [-0.39, 0.29) is 24.8 Å². The summed E-state index contributed by atoms with van der Waals surface area (Å²) in [5.41, 5.74) is 2.16. The summed E-state index contributed by atoms with van der Waals surface area (Å²) in [5, 5.41) is 13.0. The number of hydrogen-bond acceptors (Lipinski definition) is 9. The molecule has 11 heteroatoms. The van der Waals surface area contributed by atoms with Gasteiger partial charge in [0.15, 0.2) is 5.82 Å². The fraction of sp³-hybridized carbons (Fsp3) is 0.370. The maximum atomic E-state index is 13.1. The molecule has 0 spiro atoms. The SMILES string of the molecule is CCOC(=O)Cn1nnnc1C(CC)N(Cc1ccc(OC)cc1)Cc1cc2cc(OC)ccc2[nH]c1=O. The number of esters is 1. The van der Waals surface area contributed by atoms with Crippen molar-refractivity contribution >= 4 is 16.9 Å². The number of hydrogen-bond donors (Lipinski definition) is 1. The van der Waals surface area contributed by atoms with Crippen LogP contribution >= 0.6 is 0 Å². The number of carbonyl (C=O) groups excluding carboxylic acids is 1. The molecule has 2 aromatic heterocycles. The summed E-state index contributed by atoms with van der Waals surface area (Å²) in [6.45, 7) is 4.76. The van der Waals surface area contributed by atoms with E-state index in [0.717, 1.165) is 22.2 Å². The number of H-pyrrole nitrogens is 1. The number of nitrogens with zero attached hydrogens (tertiary/aromatic N) is 5. The largest absolute Gasteiger partial charge is 0.497 e. The summed E-state index contributed by atoms with van der Waals surface area (Å²) in [7, 11) is 3.23. The zero-order valence-corrected chi connectivity index (χ0v) is 22.0. The Morgan fingerprint density at radius 1 is 1.03 bits per heavy atom. The lowest BCUT2D eigenvalue weighted by atomic mass is 10.1. The van der Waals surface area contributed by atoms with Crippen molar-refractivity contribution in [3.8, 4) is 11.5 Å². The number of methoxy groups -OCH3 is 2. The first-order chi connectivity index (χ1) is 18.4. The van der Waals surface area contributed by atoms with Gasteiger partial charge in [-0.25, -0.2) is 4.68 Å². The van der Waals surface area contributed by atoms with Crippen LogP contribution in [-0.4, -0.2) is 56.9 Å². The summed E-state index contributed by atoms with van der Waals surface area (Å²) in [6, 6.07) is 14.9. The summed E-state index contributed by atoms with van der Waals surface area (Å²) in [4.78, 5) is 30.4. The predicted octanol–water partition coefficient (Wildman–Crippen LogP) is 3.25. The van der Waals surface area contributed by atoms with Gasteiger partial charge in [0.05, 0.1) is 26.9 Å². The van der Waals surface area contributed by atoms with Crippen LogP contribution in [0.4, 0.5) is 0 Å². The van der Waals surface area contributed by atoms with E-state index in [2.05, 4.69) is 25.4 Å². The minimum Gasteiger partial charge on any atom is -0.497 e. The molecule has 0 saturated carbocycles.